The zero-order valence-corrected chi connectivity index (χ0v) is 11.7. The number of hydrogen-bond donors (Lipinski definition) is 1. The summed E-state index contributed by atoms with van der Waals surface area (Å²) in [6.45, 7) is 2.21. The second-order valence-electron chi connectivity index (χ2n) is 4.99. The van der Waals surface area contributed by atoms with Crippen molar-refractivity contribution in [2.75, 3.05) is 0 Å². The summed E-state index contributed by atoms with van der Waals surface area (Å²) in [7, 11) is 0. The maximum absolute atomic E-state index is 3.42. The summed E-state index contributed by atoms with van der Waals surface area (Å²) < 4.78 is 0. The molecule has 3 rings (SSSR count). The fourth-order valence-corrected chi connectivity index (χ4v) is 2.74. The third-order valence-electron chi connectivity index (χ3n) is 3.77. The van der Waals surface area contributed by atoms with E-state index < -0.39 is 0 Å². The first-order valence-corrected chi connectivity index (χ1v) is 7.16. The Labute approximate surface area is 120 Å². The van der Waals surface area contributed by atoms with E-state index in [9.17, 15) is 0 Å². The average molecular weight is 261 g/mol. The largest absolute Gasteiger partial charge is 0.381 e. The minimum Gasteiger partial charge on any atom is -0.381 e. The molecule has 1 aliphatic heterocycles. The molecule has 0 radical (unpaired) electrons. The van der Waals surface area contributed by atoms with Crippen molar-refractivity contribution in [3.05, 3.63) is 84.1 Å². The van der Waals surface area contributed by atoms with Gasteiger partial charge in [-0.25, -0.2) is 0 Å². The van der Waals surface area contributed by atoms with Crippen molar-refractivity contribution in [1.82, 2.24) is 5.32 Å². The smallest absolute Gasteiger partial charge is 0.0701 e. The number of allylic oxidation sites excluding steroid dienone is 2. The van der Waals surface area contributed by atoms with Gasteiger partial charge in [0.2, 0.25) is 0 Å². The van der Waals surface area contributed by atoms with Gasteiger partial charge in [0, 0.05) is 0 Å². The van der Waals surface area contributed by atoms with Crippen molar-refractivity contribution >= 4 is 0 Å². The molecule has 0 fully saturated rings. The Kier molecular flexibility index (Phi) is 3.69. The van der Waals surface area contributed by atoms with Crippen molar-refractivity contribution in [3.8, 4) is 11.1 Å². The third kappa shape index (κ3) is 2.39. The van der Waals surface area contributed by atoms with Crippen LogP contribution in [0.5, 0.6) is 0 Å². The molecule has 1 nitrogen and oxygen atoms in total. The van der Waals surface area contributed by atoms with Crippen LogP contribution in [0, 0.1) is 0 Å². The first-order valence-electron chi connectivity index (χ1n) is 7.16. The van der Waals surface area contributed by atoms with Crippen molar-refractivity contribution in [2.24, 2.45) is 0 Å². The molecule has 1 heterocycles. The Bertz CT molecular complexity index is 652. The molecule has 2 aromatic carbocycles. The molecular formula is C19H19N. The molecule has 0 amide bonds. The summed E-state index contributed by atoms with van der Waals surface area (Å²) >= 11 is 0. The topological polar surface area (TPSA) is 12.0 Å². The van der Waals surface area contributed by atoms with Gasteiger partial charge in [0.25, 0.3) is 0 Å². The lowest BCUT2D eigenvalue weighted by molar-refractivity contribution is 0.748. The first-order chi connectivity index (χ1) is 9.90. The summed E-state index contributed by atoms with van der Waals surface area (Å²) in [6.07, 6.45) is 9.39. The predicted octanol–water partition coefficient (Wildman–Crippen LogP) is 4.63. The molecule has 1 atom stereocenters. The van der Waals surface area contributed by atoms with Gasteiger partial charge in [0.15, 0.2) is 0 Å². The van der Waals surface area contributed by atoms with Gasteiger partial charge in [0.05, 0.1) is 6.04 Å². The normalized spacial score (nSPS) is 16.9. The average Bonchev–Trinajstić information content (AvgIpc) is 2.55. The monoisotopic (exact) mass is 261 g/mol. The molecular weight excluding hydrogens is 242 g/mol. The van der Waals surface area contributed by atoms with Crippen molar-refractivity contribution in [3.63, 3.8) is 0 Å². The summed E-state index contributed by atoms with van der Waals surface area (Å²) in [6, 6.07) is 17.6. The van der Waals surface area contributed by atoms with Crippen molar-refractivity contribution in [2.45, 2.75) is 19.4 Å². The van der Waals surface area contributed by atoms with Crippen LogP contribution in [0.25, 0.3) is 11.1 Å². The number of benzene rings is 2. The third-order valence-corrected chi connectivity index (χ3v) is 3.77. The molecule has 20 heavy (non-hydrogen) atoms. The van der Waals surface area contributed by atoms with Crippen LogP contribution >= 0.6 is 0 Å². The maximum atomic E-state index is 3.42. The molecule has 1 heteroatoms. The van der Waals surface area contributed by atoms with Gasteiger partial charge in [-0.1, -0.05) is 67.6 Å². The fraction of sp³-hybridized carbons (Fsp3) is 0.158. The number of nitrogens with one attached hydrogen (secondary N) is 1. The Balaban J connectivity index is 2.10. The SMILES string of the molecule is CCc1ccccc1-c1ccccc1C1C=CC=CN1. The van der Waals surface area contributed by atoms with Gasteiger partial charge in [-0.15, -0.1) is 0 Å². The quantitative estimate of drug-likeness (QED) is 0.849. The molecule has 0 aromatic heterocycles. The highest BCUT2D eigenvalue weighted by molar-refractivity contribution is 5.71. The molecule has 0 aliphatic carbocycles. The van der Waals surface area contributed by atoms with E-state index in [1.165, 1.54) is 22.3 Å². The molecule has 0 saturated carbocycles. The molecule has 1 unspecified atom stereocenters. The van der Waals surface area contributed by atoms with Crippen LogP contribution in [0.4, 0.5) is 0 Å². The van der Waals surface area contributed by atoms with Gasteiger partial charge in [-0.3, -0.25) is 0 Å². The van der Waals surface area contributed by atoms with E-state index >= 15 is 0 Å². The van der Waals surface area contributed by atoms with Crippen LogP contribution in [0.1, 0.15) is 24.1 Å². The zero-order chi connectivity index (χ0) is 13.8. The fourth-order valence-electron chi connectivity index (χ4n) is 2.74. The summed E-state index contributed by atoms with van der Waals surface area (Å²) in [5, 5.41) is 3.42. The lowest BCUT2D eigenvalue weighted by Crippen LogP contribution is -2.15. The number of aryl methyl sites for hydroxylation is 1. The molecule has 0 spiro atoms. The highest BCUT2D eigenvalue weighted by atomic mass is 14.9. The van der Waals surface area contributed by atoms with E-state index in [1.54, 1.807) is 0 Å². The van der Waals surface area contributed by atoms with Crippen LogP contribution in [0.3, 0.4) is 0 Å². The van der Waals surface area contributed by atoms with Gasteiger partial charge in [0.1, 0.15) is 0 Å². The van der Waals surface area contributed by atoms with Crippen LogP contribution in [-0.4, -0.2) is 0 Å². The van der Waals surface area contributed by atoms with Crippen LogP contribution in [0.2, 0.25) is 0 Å². The van der Waals surface area contributed by atoms with E-state index in [4.69, 9.17) is 0 Å². The number of hydrogen-bond acceptors (Lipinski definition) is 1. The Morgan fingerprint density at radius 2 is 1.65 bits per heavy atom. The van der Waals surface area contributed by atoms with Crippen molar-refractivity contribution in [1.29, 1.82) is 0 Å². The molecule has 1 N–H and O–H groups in total. The van der Waals surface area contributed by atoms with Gasteiger partial charge >= 0.3 is 0 Å². The predicted molar refractivity (Wildman–Crippen MR) is 85.4 cm³/mol. The van der Waals surface area contributed by atoms with Crippen molar-refractivity contribution < 1.29 is 0 Å². The number of rotatable bonds is 3. The summed E-state index contributed by atoms with van der Waals surface area (Å²) in [5.74, 6) is 0. The second-order valence-corrected chi connectivity index (χ2v) is 4.99. The molecule has 2 aromatic rings. The van der Waals surface area contributed by atoms with E-state index in [2.05, 4.69) is 72.9 Å². The minimum atomic E-state index is 0.251. The van der Waals surface area contributed by atoms with Gasteiger partial charge < -0.3 is 5.32 Å². The van der Waals surface area contributed by atoms with Crippen LogP contribution < -0.4 is 5.32 Å². The Morgan fingerprint density at radius 3 is 2.40 bits per heavy atom. The van der Waals surface area contributed by atoms with Crippen LogP contribution in [-0.2, 0) is 6.42 Å². The zero-order valence-electron chi connectivity index (χ0n) is 11.7. The second kappa shape index (κ2) is 5.79. The van der Waals surface area contributed by atoms with E-state index in [0.29, 0.717) is 0 Å². The lowest BCUT2D eigenvalue weighted by Gasteiger charge is -2.21. The van der Waals surface area contributed by atoms with Gasteiger partial charge in [-0.05, 0) is 41.0 Å². The molecule has 0 bridgehead atoms. The Morgan fingerprint density at radius 1 is 0.900 bits per heavy atom. The molecule has 1 aliphatic rings. The minimum absolute atomic E-state index is 0.251. The summed E-state index contributed by atoms with van der Waals surface area (Å²) in [4.78, 5) is 0. The van der Waals surface area contributed by atoms with E-state index in [-0.39, 0.29) is 6.04 Å². The summed E-state index contributed by atoms with van der Waals surface area (Å²) in [5.41, 5.74) is 5.39. The standard InChI is InChI=1S/C19H19N/c1-2-15-9-3-4-10-16(15)17-11-5-6-12-18(17)19-13-7-8-14-20-19/h3-14,19-20H,2H2,1H3. The highest BCUT2D eigenvalue weighted by Gasteiger charge is 2.14. The first kappa shape index (κ1) is 12.7. The molecule has 0 saturated heterocycles. The van der Waals surface area contributed by atoms with Gasteiger partial charge in [-0.2, -0.15) is 0 Å². The number of dihydropyridines is 1. The Hall–Kier alpha value is -2.28. The molecule has 100 valence electrons. The van der Waals surface area contributed by atoms with E-state index in [0.717, 1.165) is 6.42 Å². The van der Waals surface area contributed by atoms with E-state index in [1.807, 2.05) is 12.3 Å². The maximum Gasteiger partial charge on any atom is 0.0701 e. The highest BCUT2D eigenvalue weighted by Crippen LogP contribution is 2.32. The lowest BCUT2D eigenvalue weighted by atomic mass is 9.90. The van der Waals surface area contributed by atoms with Crippen LogP contribution in [0.15, 0.2) is 73.0 Å².